The Labute approximate surface area is 136 Å². The van der Waals surface area contributed by atoms with Crippen LogP contribution >= 0.6 is 0 Å². The van der Waals surface area contributed by atoms with E-state index in [0.717, 1.165) is 29.5 Å². The van der Waals surface area contributed by atoms with Gasteiger partial charge in [-0.15, -0.1) is 0 Å². The molecule has 2 aromatic rings. The molecule has 0 spiro atoms. The van der Waals surface area contributed by atoms with Gasteiger partial charge in [-0.2, -0.15) is 4.31 Å². The SMILES string of the molecule is Cc1ccc(S(=O)(=O)N2CCC[C@H]2c2c[nH]c(=O)cc2C)cc1. The zero-order valence-electron chi connectivity index (χ0n) is 13.2. The summed E-state index contributed by atoms with van der Waals surface area (Å²) in [4.78, 5) is 14.4. The summed E-state index contributed by atoms with van der Waals surface area (Å²) in [5, 5.41) is 0. The second-order valence-electron chi connectivity index (χ2n) is 6.02. The zero-order chi connectivity index (χ0) is 16.6. The zero-order valence-corrected chi connectivity index (χ0v) is 14.1. The van der Waals surface area contributed by atoms with Gasteiger partial charge in [0.15, 0.2) is 0 Å². The molecule has 0 radical (unpaired) electrons. The van der Waals surface area contributed by atoms with E-state index in [-0.39, 0.29) is 11.6 Å². The molecule has 0 aliphatic carbocycles. The molecule has 0 saturated carbocycles. The van der Waals surface area contributed by atoms with Crippen LogP contribution in [0.4, 0.5) is 0 Å². The van der Waals surface area contributed by atoms with Crippen LogP contribution in [-0.4, -0.2) is 24.3 Å². The van der Waals surface area contributed by atoms with Gasteiger partial charge in [0.05, 0.1) is 10.9 Å². The molecule has 23 heavy (non-hydrogen) atoms. The molecule has 5 nitrogen and oxygen atoms in total. The van der Waals surface area contributed by atoms with E-state index in [1.165, 1.54) is 6.07 Å². The Kier molecular flexibility index (Phi) is 4.12. The number of aromatic nitrogens is 1. The lowest BCUT2D eigenvalue weighted by molar-refractivity contribution is 0.395. The molecule has 1 aromatic carbocycles. The Balaban J connectivity index is 2.01. The third-order valence-corrected chi connectivity index (χ3v) is 6.29. The van der Waals surface area contributed by atoms with Gasteiger partial charge in [0, 0.05) is 18.8 Å². The number of hydrogen-bond acceptors (Lipinski definition) is 3. The second-order valence-corrected chi connectivity index (χ2v) is 7.91. The van der Waals surface area contributed by atoms with Gasteiger partial charge in [-0.25, -0.2) is 8.42 Å². The lowest BCUT2D eigenvalue weighted by atomic mass is 10.0. The molecule has 3 rings (SSSR count). The summed E-state index contributed by atoms with van der Waals surface area (Å²) in [5.74, 6) is 0. The van der Waals surface area contributed by atoms with Crippen LogP contribution in [0.1, 0.15) is 35.6 Å². The van der Waals surface area contributed by atoms with Crippen molar-refractivity contribution in [2.24, 2.45) is 0 Å². The average molecular weight is 332 g/mol. The predicted octanol–water partition coefficient (Wildman–Crippen LogP) is 2.52. The molecule has 1 aromatic heterocycles. The van der Waals surface area contributed by atoms with Crippen molar-refractivity contribution in [2.45, 2.75) is 37.6 Å². The molecule has 122 valence electrons. The van der Waals surface area contributed by atoms with Crippen molar-refractivity contribution in [3.05, 3.63) is 63.6 Å². The molecule has 1 aliphatic rings. The number of nitrogens with one attached hydrogen (secondary N) is 1. The summed E-state index contributed by atoms with van der Waals surface area (Å²) in [6, 6.07) is 8.22. The van der Waals surface area contributed by atoms with Crippen LogP contribution in [0.5, 0.6) is 0 Å². The maximum absolute atomic E-state index is 13.0. The minimum atomic E-state index is -3.54. The number of hydrogen-bond donors (Lipinski definition) is 1. The fraction of sp³-hybridized carbons (Fsp3) is 0.353. The predicted molar refractivity (Wildman–Crippen MR) is 88.8 cm³/mol. The lowest BCUT2D eigenvalue weighted by Crippen LogP contribution is -2.31. The van der Waals surface area contributed by atoms with Gasteiger partial charge in [-0.1, -0.05) is 17.7 Å². The van der Waals surface area contributed by atoms with Crippen LogP contribution in [0.3, 0.4) is 0 Å². The maximum atomic E-state index is 13.0. The lowest BCUT2D eigenvalue weighted by Gasteiger charge is -2.25. The Morgan fingerprint density at radius 3 is 2.52 bits per heavy atom. The van der Waals surface area contributed by atoms with Crippen LogP contribution in [0.2, 0.25) is 0 Å². The van der Waals surface area contributed by atoms with Gasteiger partial charge >= 0.3 is 0 Å². The van der Waals surface area contributed by atoms with Crippen LogP contribution < -0.4 is 5.56 Å². The Morgan fingerprint density at radius 1 is 1.17 bits per heavy atom. The second kappa shape index (κ2) is 5.94. The fourth-order valence-electron chi connectivity index (χ4n) is 3.13. The number of aromatic amines is 1. The van der Waals surface area contributed by atoms with Crippen LogP contribution in [0, 0.1) is 13.8 Å². The first-order valence-electron chi connectivity index (χ1n) is 7.67. The summed E-state index contributed by atoms with van der Waals surface area (Å²) in [7, 11) is -3.54. The smallest absolute Gasteiger partial charge is 0.248 e. The summed E-state index contributed by atoms with van der Waals surface area (Å²) in [6.07, 6.45) is 3.22. The Hall–Kier alpha value is -1.92. The van der Waals surface area contributed by atoms with Gasteiger partial charge < -0.3 is 4.98 Å². The molecule has 0 bridgehead atoms. The van der Waals surface area contributed by atoms with E-state index in [9.17, 15) is 13.2 Å². The molecule has 1 aliphatic heterocycles. The van der Waals surface area contributed by atoms with E-state index in [1.54, 1.807) is 22.6 Å². The number of nitrogens with zero attached hydrogens (tertiary/aromatic N) is 1. The highest BCUT2D eigenvalue weighted by Crippen LogP contribution is 2.37. The quantitative estimate of drug-likeness (QED) is 0.939. The molecule has 0 amide bonds. The molecular formula is C17H20N2O3S. The summed E-state index contributed by atoms with van der Waals surface area (Å²) in [6.45, 7) is 4.28. The number of aryl methyl sites for hydroxylation is 2. The van der Waals surface area contributed by atoms with Crippen LogP contribution in [0.15, 0.2) is 46.2 Å². The third kappa shape index (κ3) is 2.96. The molecule has 1 N–H and O–H groups in total. The number of pyridine rings is 1. The van der Waals surface area contributed by atoms with E-state index in [2.05, 4.69) is 4.98 Å². The molecule has 1 fully saturated rings. The summed E-state index contributed by atoms with van der Waals surface area (Å²) in [5.41, 5.74) is 2.55. The molecule has 6 heteroatoms. The minimum Gasteiger partial charge on any atom is -0.329 e. The standard InChI is InChI=1S/C17H20N2O3S/c1-12-5-7-14(8-6-12)23(21,22)19-9-3-4-16(19)15-11-18-17(20)10-13(15)2/h5-8,10-11,16H,3-4,9H2,1-2H3,(H,18,20)/t16-/m0/s1. The monoisotopic (exact) mass is 332 g/mol. The van der Waals surface area contributed by atoms with Crippen molar-refractivity contribution in [2.75, 3.05) is 6.54 Å². The first-order valence-corrected chi connectivity index (χ1v) is 9.11. The highest BCUT2D eigenvalue weighted by Gasteiger charge is 2.36. The first-order chi connectivity index (χ1) is 10.9. The van der Waals surface area contributed by atoms with E-state index in [4.69, 9.17) is 0 Å². The van der Waals surface area contributed by atoms with Crippen molar-refractivity contribution in [1.82, 2.24) is 9.29 Å². The minimum absolute atomic E-state index is 0.169. The van der Waals surface area contributed by atoms with Gasteiger partial charge in [0.25, 0.3) is 0 Å². The normalized spacial score (nSPS) is 19.1. The molecule has 2 heterocycles. The van der Waals surface area contributed by atoms with Gasteiger partial charge in [-0.3, -0.25) is 4.79 Å². The van der Waals surface area contributed by atoms with Crippen LogP contribution in [0.25, 0.3) is 0 Å². The summed E-state index contributed by atoms with van der Waals surface area (Å²) < 4.78 is 27.5. The van der Waals surface area contributed by atoms with E-state index in [1.807, 2.05) is 26.0 Å². The fourth-order valence-corrected chi connectivity index (χ4v) is 4.80. The Morgan fingerprint density at radius 2 is 1.87 bits per heavy atom. The number of H-pyrrole nitrogens is 1. The Bertz CT molecular complexity index is 869. The number of sulfonamides is 1. The van der Waals surface area contributed by atoms with Crippen LogP contribution in [-0.2, 0) is 10.0 Å². The topological polar surface area (TPSA) is 70.2 Å². The van der Waals surface area contributed by atoms with Crippen molar-refractivity contribution in [3.8, 4) is 0 Å². The highest BCUT2D eigenvalue weighted by atomic mass is 32.2. The van der Waals surface area contributed by atoms with Crippen molar-refractivity contribution in [1.29, 1.82) is 0 Å². The van der Waals surface area contributed by atoms with Crippen molar-refractivity contribution >= 4 is 10.0 Å². The molecular weight excluding hydrogens is 312 g/mol. The van der Waals surface area contributed by atoms with E-state index in [0.29, 0.717) is 11.4 Å². The molecule has 0 unspecified atom stereocenters. The first kappa shape index (κ1) is 16.0. The highest BCUT2D eigenvalue weighted by molar-refractivity contribution is 7.89. The van der Waals surface area contributed by atoms with Crippen molar-refractivity contribution < 1.29 is 8.42 Å². The summed E-state index contributed by atoms with van der Waals surface area (Å²) >= 11 is 0. The largest absolute Gasteiger partial charge is 0.329 e. The number of benzene rings is 1. The molecule has 1 saturated heterocycles. The number of rotatable bonds is 3. The molecule has 1 atom stereocenters. The maximum Gasteiger partial charge on any atom is 0.248 e. The van der Waals surface area contributed by atoms with Gasteiger partial charge in [0.1, 0.15) is 0 Å². The van der Waals surface area contributed by atoms with E-state index >= 15 is 0 Å². The third-order valence-electron chi connectivity index (χ3n) is 4.36. The van der Waals surface area contributed by atoms with Crippen molar-refractivity contribution in [3.63, 3.8) is 0 Å². The average Bonchev–Trinajstić information content (AvgIpc) is 2.97. The van der Waals surface area contributed by atoms with Gasteiger partial charge in [0.2, 0.25) is 15.6 Å². The van der Waals surface area contributed by atoms with Gasteiger partial charge in [-0.05, 0) is 49.9 Å². The van der Waals surface area contributed by atoms with E-state index < -0.39 is 10.0 Å².